The molecule has 0 amide bonds. The lowest BCUT2D eigenvalue weighted by atomic mass is 10.4. The van der Waals surface area contributed by atoms with Gasteiger partial charge in [0.15, 0.2) is 17.1 Å². The summed E-state index contributed by atoms with van der Waals surface area (Å²) in [4.78, 5) is 31.1. The van der Waals surface area contributed by atoms with Crippen molar-refractivity contribution in [1.29, 1.82) is 0 Å². The van der Waals surface area contributed by atoms with Crippen molar-refractivity contribution in [3.8, 4) is 0 Å². The van der Waals surface area contributed by atoms with Crippen molar-refractivity contribution in [3.05, 3.63) is 20.8 Å². The van der Waals surface area contributed by atoms with Gasteiger partial charge in [0.1, 0.15) is 0 Å². The fourth-order valence-corrected chi connectivity index (χ4v) is 2.03. The molecule has 2 rings (SSSR count). The Morgan fingerprint density at radius 1 is 1.17 bits per heavy atom. The minimum Gasteiger partial charge on any atom is -0.369 e. The van der Waals surface area contributed by atoms with Crippen LogP contribution >= 0.6 is 0 Å². The highest BCUT2D eigenvalue weighted by Gasteiger charge is 2.15. The van der Waals surface area contributed by atoms with E-state index in [9.17, 15) is 9.59 Å². The molecule has 0 saturated carbocycles. The Labute approximate surface area is 103 Å². The first kappa shape index (κ1) is 12.4. The van der Waals surface area contributed by atoms with Gasteiger partial charge in [-0.2, -0.15) is 4.98 Å². The molecule has 2 aromatic rings. The van der Waals surface area contributed by atoms with Crippen LogP contribution in [0.4, 0.5) is 5.95 Å². The molecule has 0 radical (unpaired) electrons. The molecule has 0 fully saturated rings. The highest BCUT2D eigenvalue weighted by molar-refractivity contribution is 5.72. The number of rotatable bonds is 4. The normalized spacial score (nSPS) is 11.2. The Morgan fingerprint density at radius 3 is 2.39 bits per heavy atom. The second-order valence-corrected chi connectivity index (χ2v) is 4.21. The quantitative estimate of drug-likeness (QED) is 0.815. The van der Waals surface area contributed by atoms with Crippen molar-refractivity contribution >= 4 is 17.1 Å². The number of anilines is 1. The summed E-state index contributed by atoms with van der Waals surface area (Å²) in [7, 11) is 0. The van der Waals surface area contributed by atoms with Crippen LogP contribution in [0.1, 0.15) is 26.7 Å². The predicted octanol–water partition coefficient (Wildman–Crippen LogP) is 0.288. The van der Waals surface area contributed by atoms with E-state index in [1.165, 1.54) is 9.13 Å². The molecule has 3 N–H and O–H groups in total. The monoisotopic (exact) mass is 251 g/mol. The van der Waals surface area contributed by atoms with Crippen LogP contribution in [0.2, 0.25) is 0 Å². The Morgan fingerprint density at radius 2 is 1.78 bits per heavy atom. The lowest BCUT2D eigenvalue weighted by molar-refractivity contribution is 0.555. The summed E-state index contributed by atoms with van der Waals surface area (Å²) in [5, 5.41) is 0. The molecule has 0 unspecified atom stereocenters. The van der Waals surface area contributed by atoms with Gasteiger partial charge in [-0.05, 0) is 12.8 Å². The lowest BCUT2D eigenvalue weighted by Gasteiger charge is -2.09. The molecule has 2 heterocycles. The Kier molecular flexibility index (Phi) is 3.22. The number of H-pyrrole nitrogens is 1. The molecule has 0 saturated heterocycles. The molecular formula is C11H17N5O2. The molecule has 0 spiro atoms. The average Bonchev–Trinajstić information content (AvgIpc) is 2.72. The first-order valence-electron chi connectivity index (χ1n) is 6.09. The number of nitrogens with one attached hydrogen (secondary N) is 1. The molecule has 7 heteroatoms. The Hall–Kier alpha value is -2.05. The van der Waals surface area contributed by atoms with Gasteiger partial charge in [-0.25, -0.2) is 4.79 Å². The zero-order valence-corrected chi connectivity index (χ0v) is 10.6. The summed E-state index contributed by atoms with van der Waals surface area (Å²) in [5.41, 5.74) is 5.54. The molecular weight excluding hydrogens is 234 g/mol. The summed E-state index contributed by atoms with van der Waals surface area (Å²) in [6.07, 6.45) is 1.50. The summed E-state index contributed by atoms with van der Waals surface area (Å²) in [5.74, 6) is 0.153. The van der Waals surface area contributed by atoms with Crippen molar-refractivity contribution in [1.82, 2.24) is 19.1 Å². The number of hydrogen-bond acceptors (Lipinski definition) is 4. The lowest BCUT2D eigenvalue weighted by Crippen LogP contribution is -2.40. The topological polar surface area (TPSA) is 98.7 Å². The van der Waals surface area contributed by atoms with E-state index in [0.29, 0.717) is 24.3 Å². The van der Waals surface area contributed by atoms with Gasteiger partial charge in [0.25, 0.3) is 5.56 Å². The minimum absolute atomic E-state index is 0.153. The zero-order valence-electron chi connectivity index (χ0n) is 10.6. The van der Waals surface area contributed by atoms with E-state index in [1.807, 2.05) is 13.8 Å². The van der Waals surface area contributed by atoms with Crippen molar-refractivity contribution in [2.24, 2.45) is 0 Å². The largest absolute Gasteiger partial charge is 0.369 e. The highest BCUT2D eigenvalue weighted by Crippen LogP contribution is 2.07. The molecule has 7 nitrogen and oxygen atoms in total. The van der Waals surface area contributed by atoms with Crippen LogP contribution in [-0.4, -0.2) is 19.1 Å². The third kappa shape index (κ3) is 1.81. The van der Waals surface area contributed by atoms with Crippen molar-refractivity contribution in [2.75, 3.05) is 5.73 Å². The Balaban J connectivity index is 2.86. The molecule has 0 aromatic carbocycles. The fraction of sp³-hybridized carbons (Fsp3) is 0.545. The first-order chi connectivity index (χ1) is 8.60. The predicted molar refractivity (Wildman–Crippen MR) is 69.6 cm³/mol. The fourth-order valence-electron chi connectivity index (χ4n) is 2.03. The second-order valence-electron chi connectivity index (χ2n) is 4.21. The van der Waals surface area contributed by atoms with E-state index in [0.717, 1.165) is 12.8 Å². The number of imidazole rings is 1. The number of aryl methyl sites for hydroxylation is 1. The molecule has 0 aliphatic carbocycles. The van der Waals surface area contributed by atoms with Crippen LogP contribution in [0, 0.1) is 0 Å². The average molecular weight is 251 g/mol. The van der Waals surface area contributed by atoms with Gasteiger partial charge in [-0.3, -0.25) is 13.9 Å². The van der Waals surface area contributed by atoms with E-state index in [1.54, 1.807) is 0 Å². The standard InChI is InChI=1S/C11H17N5O2/c1-3-5-15-8-7(13-10(12)14-8)9(17)16(6-4-2)11(15)18/h3-6H2,1-2H3,(H3,12,13,14). The smallest absolute Gasteiger partial charge is 0.332 e. The third-order valence-corrected chi connectivity index (χ3v) is 2.77. The molecule has 0 aliphatic heterocycles. The van der Waals surface area contributed by atoms with Crippen LogP contribution in [0.15, 0.2) is 9.59 Å². The zero-order chi connectivity index (χ0) is 13.3. The van der Waals surface area contributed by atoms with Crippen LogP contribution in [0.3, 0.4) is 0 Å². The molecule has 0 aliphatic rings. The van der Waals surface area contributed by atoms with Crippen LogP contribution in [0.25, 0.3) is 11.2 Å². The highest BCUT2D eigenvalue weighted by atomic mass is 16.2. The van der Waals surface area contributed by atoms with Crippen LogP contribution in [0.5, 0.6) is 0 Å². The number of nitrogens with two attached hydrogens (primary N) is 1. The summed E-state index contributed by atoms with van der Waals surface area (Å²) in [6, 6.07) is 0. The van der Waals surface area contributed by atoms with Crippen molar-refractivity contribution in [2.45, 2.75) is 39.8 Å². The molecule has 2 aromatic heterocycles. The molecule has 0 bridgehead atoms. The third-order valence-electron chi connectivity index (χ3n) is 2.77. The molecule has 98 valence electrons. The minimum atomic E-state index is -0.353. The van der Waals surface area contributed by atoms with Crippen LogP contribution in [-0.2, 0) is 13.1 Å². The van der Waals surface area contributed by atoms with E-state index in [-0.39, 0.29) is 17.2 Å². The van der Waals surface area contributed by atoms with Gasteiger partial charge >= 0.3 is 5.69 Å². The van der Waals surface area contributed by atoms with E-state index >= 15 is 0 Å². The van der Waals surface area contributed by atoms with Crippen molar-refractivity contribution < 1.29 is 0 Å². The number of aromatic nitrogens is 4. The molecule has 18 heavy (non-hydrogen) atoms. The SMILES string of the molecule is CCCn1c(=O)c2[nH]c(N)nc2n(CCC)c1=O. The van der Waals surface area contributed by atoms with Gasteiger partial charge in [0.2, 0.25) is 0 Å². The van der Waals surface area contributed by atoms with Crippen LogP contribution < -0.4 is 17.0 Å². The summed E-state index contributed by atoms with van der Waals surface area (Å²) in [6.45, 7) is 4.80. The van der Waals surface area contributed by atoms with Gasteiger partial charge in [-0.1, -0.05) is 13.8 Å². The number of nitrogen functional groups attached to an aromatic ring is 1. The maximum Gasteiger partial charge on any atom is 0.332 e. The first-order valence-corrected chi connectivity index (χ1v) is 6.09. The van der Waals surface area contributed by atoms with Gasteiger partial charge < -0.3 is 10.7 Å². The number of hydrogen-bond donors (Lipinski definition) is 2. The van der Waals surface area contributed by atoms with Gasteiger partial charge in [0, 0.05) is 13.1 Å². The maximum atomic E-state index is 12.2. The maximum absolute atomic E-state index is 12.2. The second kappa shape index (κ2) is 4.67. The van der Waals surface area contributed by atoms with E-state index < -0.39 is 0 Å². The summed E-state index contributed by atoms with van der Waals surface area (Å²) >= 11 is 0. The van der Waals surface area contributed by atoms with E-state index in [4.69, 9.17) is 5.73 Å². The number of fused-ring (bicyclic) bond motifs is 1. The summed E-state index contributed by atoms with van der Waals surface area (Å²) < 4.78 is 2.73. The Bertz CT molecular complexity index is 679. The van der Waals surface area contributed by atoms with Gasteiger partial charge in [-0.15, -0.1) is 0 Å². The molecule has 0 atom stereocenters. The van der Waals surface area contributed by atoms with Crippen molar-refractivity contribution in [3.63, 3.8) is 0 Å². The number of nitrogens with zero attached hydrogens (tertiary/aromatic N) is 3. The van der Waals surface area contributed by atoms with E-state index in [2.05, 4.69) is 9.97 Å². The van der Waals surface area contributed by atoms with Gasteiger partial charge in [0.05, 0.1) is 0 Å². The number of aromatic amines is 1.